The normalized spacial score (nSPS) is 10.9. The Balaban J connectivity index is 2.92. The number of hydrogen-bond donors (Lipinski definition) is 0. The van der Waals surface area contributed by atoms with Gasteiger partial charge in [-0.05, 0) is 6.92 Å². The summed E-state index contributed by atoms with van der Waals surface area (Å²) < 4.78 is 4.97. The van der Waals surface area contributed by atoms with Crippen molar-refractivity contribution in [1.82, 2.24) is 4.98 Å². The molecule has 1 heterocycles. The molecule has 1 aromatic heterocycles. The summed E-state index contributed by atoms with van der Waals surface area (Å²) in [5.41, 5.74) is 0.820. The Morgan fingerprint density at radius 3 is 2.71 bits per heavy atom. The van der Waals surface area contributed by atoms with Crippen molar-refractivity contribution in [2.75, 3.05) is 7.11 Å². The molecule has 0 radical (unpaired) electrons. The minimum absolute atomic E-state index is 0.0320. The van der Waals surface area contributed by atoms with E-state index in [1.165, 1.54) is 11.3 Å². The highest BCUT2D eigenvalue weighted by molar-refractivity contribution is 7.13. The molecule has 0 spiro atoms. The van der Waals surface area contributed by atoms with Crippen molar-refractivity contribution in [2.24, 2.45) is 5.92 Å². The smallest absolute Gasteiger partial charge is 0.177 e. The second-order valence-corrected chi connectivity index (χ2v) is 4.56. The quantitative estimate of drug-likeness (QED) is 0.721. The molecule has 0 N–H and O–H groups in total. The van der Waals surface area contributed by atoms with E-state index in [0.29, 0.717) is 6.61 Å². The summed E-state index contributed by atoms with van der Waals surface area (Å²) in [6.07, 6.45) is 0. The van der Waals surface area contributed by atoms with E-state index in [0.717, 1.165) is 15.6 Å². The van der Waals surface area contributed by atoms with Crippen LogP contribution in [0.5, 0.6) is 0 Å². The number of nitrogens with zero attached hydrogens (tertiary/aromatic N) is 1. The average Bonchev–Trinajstić information content (AvgIpc) is 2.46. The highest BCUT2D eigenvalue weighted by Gasteiger charge is 2.17. The van der Waals surface area contributed by atoms with Gasteiger partial charge in [0.2, 0.25) is 0 Å². The monoisotopic (exact) mass is 213 g/mol. The number of Topliss-reactive ketones (excluding diaryl/α,β-unsaturated/α-hetero) is 1. The van der Waals surface area contributed by atoms with E-state index in [2.05, 4.69) is 4.98 Å². The Morgan fingerprint density at radius 2 is 2.21 bits per heavy atom. The number of rotatable bonds is 4. The van der Waals surface area contributed by atoms with Crippen molar-refractivity contribution in [3.63, 3.8) is 0 Å². The van der Waals surface area contributed by atoms with Gasteiger partial charge in [-0.3, -0.25) is 4.79 Å². The summed E-state index contributed by atoms with van der Waals surface area (Å²) in [5.74, 6) is 0.201. The van der Waals surface area contributed by atoms with Gasteiger partial charge in [0.15, 0.2) is 5.78 Å². The molecule has 0 aromatic carbocycles. The molecule has 0 aliphatic rings. The van der Waals surface area contributed by atoms with Crippen LogP contribution in [-0.2, 0) is 11.3 Å². The highest BCUT2D eigenvalue weighted by atomic mass is 32.1. The van der Waals surface area contributed by atoms with Crippen LogP contribution < -0.4 is 0 Å². The van der Waals surface area contributed by atoms with Crippen LogP contribution in [0.2, 0.25) is 0 Å². The van der Waals surface area contributed by atoms with Crippen LogP contribution in [0.1, 0.15) is 34.2 Å². The van der Waals surface area contributed by atoms with E-state index in [4.69, 9.17) is 4.74 Å². The predicted octanol–water partition coefficient (Wildman–Crippen LogP) is 2.44. The van der Waals surface area contributed by atoms with E-state index in [1.807, 2.05) is 20.8 Å². The fourth-order valence-corrected chi connectivity index (χ4v) is 2.25. The molecule has 1 aromatic rings. The lowest BCUT2D eigenvalue weighted by Gasteiger charge is -2.00. The molecular weight excluding hydrogens is 198 g/mol. The first-order valence-corrected chi connectivity index (χ1v) is 5.37. The van der Waals surface area contributed by atoms with Crippen molar-refractivity contribution < 1.29 is 9.53 Å². The Morgan fingerprint density at radius 1 is 1.57 bits per heavy atom. The second-order valence-electron chi connectivity index (χ2n) is 3.47. The summed E-state index contributed by atoms with van der Waals surface area (Å²) in [4.78, 5) is 16.8. The summed E-state index contributed by atoms with van der Waals surface area (Å²) >= 11 is 1.43. The molecule has 0 amide bonds. The molecule has 14 heavy (non-hydrogen) atoms. The van der Waals surface area contributed by atoms with Gasteiger partial charge in [-0.2, -0.15) is 0 Å². The number of aromatic nitrogens is 1. The van der Waals surface area contributed by atoms with Gasteiger partial charge in [-0.1, -0.05) is 13.8 Å². The third-order valence-corrected chi connectivity index (χ3v) is 3.00. The molecule has 0 aliphatic carbocycles. The topological polar surface area (TPSA) is 39.2 Å². The maximum absolute atomic E-state index is 11.7. The molecule has 0 atom stereocenters. The summed E-state index contributed by atoms with van der Waals surface area (Å²) in [6.45, 7) is 6.15. The van der Waals surface area contributed by atoms with Gasteiger partial charge < -0.3 is 4.74 Å². The van der Waals surface area contributed by atoms with Crippen molar-refractivity contribution in [2.45, 2.75) is 27.4 Å². The molecule has 0 saturated heterocycles. The van der Waals surface area contributed by atoms with Crippen molar-refractivity contribution >= 4 is 17.1 Å². The fraction of sp³-hybridized carbons (Fsp3) is 0.600. The van der Waals surface area contributed by atoms with Crippen LogP contribution in [-0.4, -0.2) is 17.9 Å². The molecule has 0 aliphatic heterocycles. The highest BCUT2D eigenvalue weighted by Crippen LogP contribution is 2.21. The largest absolute Gasteiger partial charge is 0.378 e. The van der Waals surface area contributed by atoms with E-state index in [9.17, 15) is 4.79 Å². The van der Waals surface area contributed by atoms with Crippen molar-refractivity contribution in [3.8, 4) is 0 Å². The number of carbonyl (C=O) groups excluding carboxylic acids is 1. The van der Waals surface area contributed by atoms with E-state index in [-0.39, 0.29) is 11.7 Å². The van der Waals surface area contributed by atoms with E-state index < -0.39 is 0 Å². The first-order valence-electron chi connectivity index (χ1n) is 4.55. The fourth-order valence-electron chi connectivity index (χ4n) is 1.13. The number of ether oxygens (including phenoxy) is 1. The first kappa shape index (κ1) is 11.3. The van der Waals surface area contributed by atoms with Gasteiger partial charge in [-0.25, -0.2) is 4.98 Å². The summed E-state index contributed by atoms with van der Waals surface area (Å²) in [5, 5.41) is 0.869. The molecular formula is C10H15NO2S. The van der Waals surface area contributed by atoms with Crippen LogP contribution >= 0.6 is 11.3 Å². The number of hydrogen-bond acceptors (Lipinski definition) is 4. The first-order chi connectivity index (χ1) is 6.56. The van der Waals surface area contributed by atoms with Crippen LogP contribution in [0, 0.1) is 12.8 Å². The zero-order valence-corrected chi connectivity index (χ0v) is 9.77. The van der Waals surface area contributed by atoms with Crippen molar-refractivity contribution in [1.29, 1.82) is 0 Å². The van der Waals surface area contributed by atoms with Gasteiger partial charge >= 0.3 is 0 Å². The Hall–Kier alpha value is -0.740. The standard InChI is InChI=1S/C10H15NO2S/c1-6(2)9(12)10-7(3)11-8(14-10)5-13-4/h6H,5H2,1-4H3. The number of carbonyl (C=O) groups is 1. The van der Waals surface area contributed by atoms with Crippen LogP contribution in [0.3, 0.4) is 0 Å². The molecule has 0 fully saturated rings. The maximum atomic E-state index is 11.7. The van der Waals surface area contributed by atoms with Crippen LogP contribution in [0.15, 0.2) is 0 Å². The van der Waals surface area contributed by atoms with Gasteiger partial charge in [0, 0.05) is 13.0 Å². The molecule has 0 saturated carbocycles. The summed E-state index contributed by atoms with van der Waals surface area (Å²) in [7, 11) is 1.63. The molecule has 1 rings (SSSR count). The lowest BCUT2D eigenvalue weighted by molar-refractivity contribution is 0.0942. The number of thiazole rings is 1. The lowest BCUT2D eigenvalue weighted by atomic mass is 10.1. The van der Waals surface area contributed by atoms with Crippen molar-refractivity contribution in [3.05, 3.63) is 15.6 Å². The zero-order chi connectivity index (χ0) is 10.7. The average molecular weight is 213 g/mol. The summed E-state index contributed by atoms with van der Waals surface area (Å²) in [6, 6.07) is 0. The Kier molecular flexibility index (Phi) is 3.77. The van der Waals surface area contributed by atoms with Gasteiger partial charge in [-0.15, -0.1) is 11.3 Å². The number of methoxy groups -OCH3 is 1. The maximum Gasteiger partial charge on any atom is 0.177 e. The van der Waals surface area contributed by atoms with Crippen LogP contribution in [0.4, 0.5) is 0 Å². The number of ketones is 1. The number of aryl methyl sites for hydroxylation is 1. The third kappa shape index (κ3) is 2.39. The minimum Gasteiger partial charge on any atom is -0.378 e. The predicted molar refractivity (Wildman–Crippen MR) is 56.7 cm³/mol. The zero-order valence-electron chi connectivity index (χ0n) is 8.96. The molecule has 0 bridgehead atoms. The SMILES string of the molecule is COCc1nc(C)c(C(=O)C(C)C)s1. The molecule has 0 unspecified atom stereocenters. The van der Waals surface area contributed by atoms with Gasteiger partial charge in [0.05, 0.1) is 17.2 Å². The van der Waals surface area contributed by atoms with Gasteiger partial charge in [0.1, 0.15) is 5.01 Å². The molecule has 78 valence electrons. The minimum atomic E-state index is 0.0320. The molecule has 3 nitrogen and oxygen atoms in total. The Labute approximate surface area is 88.1 Å². The molecule has 4 heteroatoms. The van der Waals surface area contributed by atoms with Crippen LogP contribution in [0.25, 0.3) is 0 Å². The Bertz CT molecular complexity index is 331. The van der Waals surface area contributed by atoms with Gasteiger partial charge in [0.25, 0.3) is 0 Å². The third-order valence-electron chi connectivity index (χ3n) is 1.86. The van der Waals surface area contributed by atoms with E-state index >= 15 is 0 Å². The van der Waals surface area contributed by atoms with E-state index in [1.54, 1.807) is 7.11 Å². The lowest BCUT2D eigenvalue weighted by Crippen LogP contribution is -2.06. The second kappa shape index (κ2) is 4.66.